The maximum absolute atomic E-state index is 12.1. The number of carbonyl (C=O) groups excluding carboxylic acids is 1. The van der Waals surface area contributed by atoms with Crippen molar-refractivity contribution < 1.29 is 18.0 Å². The number of alkyl halides is 3. The number of hydrogen-bond donors (Lipinski definition) is 1. The quantitative estimate of drug-likeness (QED) is 0.843. The van der Waals surface area contributed by atoms with Crippen LogP contribution < -0.4 is 10.1 Å². The predicted octanol–water partition coefficient (Wildman–Crippen LogP) is 3.71. The molecular formula is C13H11ClF3N3OS. The van der Waals surface area contributed by atoms with E-state index in [4.69, 9.17) is 11.6 Å². The van der Waals surface area contributed by atoms with Gasteiger partial charge in [0.05, 0.1) is 15.2 Å². The van der Waals surface area contributed by atoms with Gasteiger partial charge in [0.15, 0.2) is 4.80 Å². The molecule has 118 valence electrons. The molecule has 0 aliphatic rings. The Labute approximate surface area is 132 Å². The molecule has 2 amide bonds. The van der Waals surface area contributed by atoms with Crippen molar-refractivity contribution in [2.45, 2.75) is 12.7 Å². The molecule has 0 radical (unpaired) electrons. The standard InChI is InChI=1S/C13H11ClF3N3OS/c1-2-6-20-10-8(14)4-3-5-9(10)22-12(20)19-11(21)18-7-13(15,16)17/h2-5H,1,6-7H2,(H,18,21). The van der Waals surface area contributed by atoms with E-state index in [1.165, 1.54) is 0 Å². The average Bonchev–Trinajstić information content (AvgIpc) is 2.75. The van der Waals surface area contributed by atoms with E-state index in [1.807, 2.05) is 0 Å². The summed E-state index contributed by atoms with van der Waals surface area (Å²) in [4.78, 5) is 15.5. The Morgan fingerprint density at radius 2 is 2.23 bits per heavy atom. The molecule has 0 aliphatic heterocycles. The fourth-order valence-electron chi connectivity index (χ4n) is 1.77. The highest BCUT2D eigenvalue weighted by Crippen LogP contribution is 2.25. The number of hydrogen-bond acceptors (Lipinski definition) is 2. The van der Waals surface area contributed by atoms with Gasteiger partial charge in [-0.3, -0.25) is 0 Å². The van der Waals surface area contributed by atoms with Crippen LogP contribution in [-0.2, 0) is 6.54 Å². The summed E-state index contributed by atoms with van der Waals surface area (Å²) in [6.45, 7) is 2.51. The van der Waals surface area contributed by atoms with E-state index in [0.717, 1.165) is 16.0 Å². The lowest BCUT2D eigenvalue weighted by Crippen LogP contribution is -2.33. The highest BCUT2D eigenvalue weighted by molar-refractivity contribution is 7.16. The Bertz CT molecular complexity index is 779. The first-order valence-corrected chi connectivity index (χ1v) is 7.29. The Morgan fingerprint density at radius 3 is 2.86 bits per heavy atom. The Kier molecular flexibility index (Phi) is 4.92. The van der Waals surface area contributed by atoms with E-state index in [2.05, 4.69) is 11.6 Å². The van der Waals surface area contributed by atoms with Crippen LogP contribution in [0.4, 0.5) is 18.0 Å². The monoisotopic (exact) mass is 349 g/mol. The molecule has 0 spiro atoms. The molecule has 0 saturated heterocycles. The highest BCUT2D eigenvalue weighted by Gasteiger charge is 2.27. The molecule has 1 N–H and O–H groups in total. The van der Waals surface area contributed by atoms with Gasteiger partial charge in [-0.25, -0.2) is 4.79 Å². The van der Waals surface area contributed by atoms with E-state index in [1.54, 1.807) is 34.2 Å². The number of amides is 2. The van der Waals surface area contributed by atoms with Gasteiger partial charge in [0, 0.05) is 6.54 Å². The minimum absolute atomic E-state index is 0.252. The molecular weight excluding hydrogens is 339 g/mol. The summed E-state index contributed by atoms with van der Waals surface area (Å²) in [5.41, 5.74) is 0.663. The highest BCUT2D eigenvalue weighted by atomic mass is 35.5. The van der Waals surface area contributed by atoms with Crippen molar-refractivity contribution in [3.05, 3.63) is 40.7 Å². The van der Waals surface area contributed by atoms with Crippen molar-refractivity contribution in [2.75, 3.05) is 6.54 Å². The minimum Gasteiger partial charge on any atom is -0.327 e. The number of allylic oxidation sites excluding steroid dienone is 1. The number of para-hydroxylation sites is 1. The summed E-state index contributed by atoms with van der Waals surface area (Å²) < 4.78 is 38.7. The van der Waals surface area contributed by atoms with Crippen LogP contribution in [-0.4, -0.2) is 23.3 Å². The third-order valence-electron chi connectivity index (χ3n) is 2.60. The molecule has 4 nitrogen and oxygen atoms in total. The number of urea groups is 1. The number of thiazole rings is 1. The lowest BCUT2D eigenvalue weighted by Gasteiger charge is -2.05. The number of nitrogens with one attached hydrogen (secondary N) is 1. The molecule has 1 aromatic carbocycles. The second kappa shape index (κ2) is 6.53. The first-order chi connectivity index (χ1) is 10.3. The molecule has 9 heteroatoms. The Hall–Kier alpha value is -1.80. The zero-order chi connectivity index (χ0) is 16.3. The number of rotatable bonds is 3. The largest absolute Gasteiger partial charge is 0.405 e. The van der Waals surface area contributed by atoms with Crippen LogP contribution in [0.15, 0.2) is 35.8 Å². The van der Waals surface area contributed by atoms with Crippen LogP contribution in [0.1, 0.15) is 0 Å². The molecule has 0 aliphatic carbocycles. The molecule has 0 bridgehead atoms. The van der Waals surface area contributed by atoms with Crippen LogP contribution in [0.3, 0.4) is 0 Å². The van der Waals surface area contributed by atoms with E-state index in [0.29, 0.717) is 17.1 Å². The van der Waals surface area contributed by atoms with Crippen molar-refractivity contribution in [1.29, 1.82) is 0 Å². The predicted molar refractivity (Wildman–Crippen MR) is 80.0 cm³/mol. The van der Waals surface area contributed by atoms with Crippen LogP contribution in [0.2, 0.25) is 5.02 Å². The minimum atomic E-state index is -4.48. The fraction of sp³-hybridized carbons (Fsp3) is 0.231. The van der Waals surface area contributed by atoms with E-state index in [9.17, 15) is 18.0 Å². The van der Waals surface area contributed by atoms with Gasteiger partial charge in [0.2, 0.25) is 0 Å². The van der Waals surface area contributed by atoms with Crippen molar-refractivity contribution in [3.63, 3.8) is 0 Å². The van der Waals surface area contributed by atoms with Crippen molar-refractivity contribution in [1.82, 2.24) is 9.88 Å². The molecule has 1 heterocycles. The number of carbonyl (C=O) groups is 1. The van der Waals surface area contributed by atoms with E-state index < -0.39 is 18.8 Å². The van der Waals surface area contributed by atoms with Crippen molar-refractivity contribution in [3.8, 4) is 0 Å². The van der Waals surface area contributed by atoms with Crippen LogP contribution in [0, 0.1) is 0 Å². The molecule has 22 heavy (non-hydrogen) atoms. The molecule has 2 rings (SSSR count). The number of aromatic nitrogens is 1. The van der Waals surface area contributed by atoms with E-state index in [-0.39, 0.29) is 4.80 Å². The number of fused-ring (bicyclic) bond motifs is 1. The maximum Gasteiger partial charge on any atom is 0.405 e. The summed E-state index contributed by atoms with van der Waals surface area (Å²) in [7, 11) is 0. The Morgan fingerprint density at radius 1 is 1.50 bits per heavy atom. The summed E-state index contributed by atoms with van der Waals surface area (Å²) in [6.07, 6.45) is -2.89. The summed E-state index contributed by atoms with van der Waals surface area (Å²) in [5.74, 6) is 0. The molecule has 0 atom stereocenters. The second-order valence-corrected chi connectivity index (χ2v) is 5.67. The number of halogens is 4. The second-order valence-electron chi connectivity index (χ2n) is 4.26. The van der Waals surface area contributed by atoms with Gasteiger partial charge in [-0.1, -0.05) is 35.1 Å². The molecule has 1 aromatic heterocycles. The molecule has 0 saturated carbocycles. The molecule has 0 fully saturated rings. The third-order valence-corrected chi connectivity index (χ3v) is 3.95. The zero-order valence-corrected chi connectivity index (χ0v) is 12.7. The van der Waals surface area contributed by atoms with Crippen LogP contribution in [0.5, 0.6) is 0 Å². The van der Waals surface area contributed by atoms with Crippen molar-refractivity contribution >= 4 is 39.2 Å². The fourth-order valence-corrected chi connectivity index (χ4v) is 3.17. The Balaban J connectivity index is 2.43. The first-order valence-electron chi connectivity index (χ1n) is 6.10. The van der Waals surface area contributed by atoms with Gasteiger partial charge < -0.3 is 9.88 Å². The molecule has 0 unspecified atom stereocenters. The van der Waals surface area contributed by atoms with Gasteiger partial charge in [-0.2, -0.15) is 18.2 Å². The summed E-state index contributed by atoms with van der Waals surface area (Å²) >= 11 is 7.29. The zero-order valence-electron chi connectivity index (χ0n) is 11.2. The third kappa shape index (κ3) is 3.89. The first kappa shape index (κ1) is 16.6. The maximum atomic E-state index is 12.1. The SMILES string of the molecule is C=CCn1c(=NC(=O)NCC(F)(F)F)sc2cccc(Cl)c21. The van der Waals surface area contributed by atoms with Gasteiger partial charge in [-0.05, 0) is 12.1 Å². The summed E-state index contributed by atoms with van der Waals surface area (Å²) in [6, 6.07) is 4.16. The lowest BCUT2D eigenvalue weighted by atomic mass is 10.3. The van der Waals surface area contributed by atoms with Gasteiger partial charge in [0.25, 0.3) is 0 Å². The van der Waals surface area contributed by atoms with Crippen LogP contribution >= 0.6 is 22.9 Å². The topological polar surface area (TPSA) is 46.4 Å². The smallest absolute Gasteiger partial charge is 0.327 e. The van der Waals surface area contributed by atoms with Gasteiger partial charge in [-0.15, -0.1) is 6.58 Å². The van der Waals surface area contributed by atoms with Gasteiger partial charge in [0.1, 0.15) is 6.54 Å². The van der Waals surface area contributed by atoms with E-state index >= 15 is 0 Å². The summed E-state index contributed by atoms with van der Waals surface area (Å²) in [5, 5.41) is 2.17. The molecule has 2 aromatic rings. The number of nitrogens with zero attached hydrogens (tertiary/aromatic N) is 2. The normalized spacial score (nSPS) is 12.6. The van der Waals surface area contributed by atoms with Crippen molar-refractivity contribution in [2.24, 2.45) is 4.99 Å². The van der Waals surface area contributed by atoms with Crippen LogP contribution in [0.25, 0.3) is 10.2 Å². The average molecular weight is 350 g/mol. The van der Waals surface area contributed by atoms with Gasteiger partial charge >= 0.3 is 12.2 Å². The number of benzene rings is 1. The lowest BCUT2D eigenvalue weighted by molar-refractivity contribution is -0.122.